The first kappa shape index (κ1) is 18.3. The molecule has 2 N–H and O–H groups in total. The third kappa shape index (κ3) is 4.77. The standard InChI is InChI=1S/C18H20ClN5O2/c19-15-9-10-17-22-21-16(24(17)23-15)7-4-8-18(26)20-14(12-25)11-13-5-2-1-3-6-13/h1-3,5-6,9-10,14,25H,4,7-8,11-12H2,(H,20,26). The summed E-state index contributed by atoms with van der Waals surface area (Å²) in [7, 11) is 0. The van der Waals surface area contributed by atoms with Crippen molar-refractivity contribution in [1.29, 1.82) is 0 Å². The van der Waals surface area contributed by atoms with Gasteiger partial charge in [0.05, 0.1) is 12.6 Å². The van der Waals surface area contributed by atoms with Gasteiger partial charge < -0.3 is 10.4 Å². The number of carbonyl (C=O) groups is 1. The molecule has 2 heterocycles. The van der Waals surface area contributed by atoms with Crippen LogP contribution < -0.4 is 5.32 Å². The van der Waals surface area contributed by atoms with Gasteiger partial charge in [-0.1, -0.05) is 41.9 Å². The molecule has 2 aromatic heterocycles. The molecule has 8 heteroatoms. The van der Waals surface area contributed by atoms with Gasteiger partial charge >= 0.3 is 0 Å². The third-order valence-corrected chi connectivity index (χ3v) is 4.21. The first-order chi connectivity index (χ1) is 12.7. The van der Waals surface area contributed by atoms with Crippen LogP contribution in [0.3, 0.4) is 0 Å². The number of aromatic nitrogens is 4. The number of rotatable bonds is 8. The Labute approximate surface area is 156 Å². The number of aliphatic hydroxyl groups is 1. The Morgan fingerprint density at radius 3 is 2.77 bits per heavy atom. The zero-order valence-electron chi connectivity index (χ0n) is 14.2. The average molecular weight is 374 g/mol. The molecule has 3 aromatic rings. The maximum absolute atomic E-state index is 12.1. The van der Waals surface area contributed by atoms with Crippen molar-refractivity contribution in [3.63, 3.8) is 0 Å². The molecule has 0 aliphatic rings. The van der Waals surface area contributed by atoms with Crippen molar-refractivity contribution in [2.45, 2.75) is 31.7 Å². The van der Waals surface area contributed by atoms with Crippen molar-refractivity contribution >= 4 is 23.2 Å². The number of benzene rings is 1. The van der Waals surface area contributed by atoms with Crippen LogP contribution >= 0.6 is 11.6 Å². The van der Waals surface area contributed by atoms with E-state index in [1.165, 1.54) is 0 Å². The number of halogens is 1. The van der Waals surface area contributed by atoms with Crippen LogP contribution in [0, 0.1) is 0 Å². The van der Waals surface area contributed by atoms with Crippen LogP contribution in [0.25, 0.3) is 5.65 Å². The maximum atomic E-state index is 12.1. The molecular weight excluding hydrogens is 354 g/mol. The Hall–Kier alpha value is -2.51. The molecule has 26 heavy (non-hydrogen) atoms. The smallest absolute Gasteiger partial charge is 0.220 e. The van der Waals surface area contributed by atoms with E-state index >= 15 is 0 Å². The van der Waals surface area contributed by atoms with Crippen LogP contribution in [0.15, 0.2) is 42.5 Å². The van der Waals surface area contributed by atoms with Gasteiger partial charge in [-0.25, -0.2) is 0 Å². The topological polar surface area (TPSA) is 92.4 Å². The molecule has 0 spiro atoms. The second-order valence-electron chi connectivity index (χ2n) is 6.03. The summed E-state index contributed by atoms with van der Waals surface area (Å²) in [5.74, 6) is 0.568. The summed E-state index contributed by atoms with van der Waals surface area (Å²) in [6, 6.07) is 12.9. The SMILES string of the molecule is O=C(CCCc1nnc2ccc(Cl)nn12)NC(CO)Cc1ccccc1. The fourth-order valence-corrected chi connectivity index (χ4v) is 2.87. The van der Waals surface area contributed by atoms with Crippen molar-refractivity contribution < 1.29 is 9.90 Å². The molecule has 7 nitrogen and oxygen atoms in total. The predicted molar refractivity (Wildman–Crippen MR) is 97.9 cm³/mol. The van der Waals surface area contributed by atoms with Gasteiger partial charge in [-0.3, -0.25) is 4.79 Å². The summed E-state index contributed by atoms with van der Waals surface area (Å²) in [6.07, 6.45) is 2.09. The molecular formula is C18H20ClN5O2. The summed E-state index contributed by atoms with van der Waals surface area (Å²) in [5, 5.41) is 25.0. The second-order valence-corrected chi connectivity index (χ2v) is 6.42. The maximum Gasteiger partial charge on any atom is 0.220 e. The van der Waals surface area contributed by atoms with E-state index in [2.05, 4.69) is 20.6 Å². The zero-order chi connectivity index (χ0) is 18.4. The summed E-state index contributed by atoms with van der Waals surface area (Å²) in [6.45, 7) is -0.0993. The first-order valence-corrected chi connectivity index (χ1v) is 8.84. The minimum Gasteiger partial charge on any atom is -0.394 e. The van der Waals surface area contributed by atoms with Gasteiger partial charge in [-0.2, -0.15) is 9.61 Å². The number of amides is 1. The van der Waals surface area contributed by atoms with Crippen LogP contribution in [-0.2, 0) is 17.6 Å². The van der Waals surface area contributed by atoms with Gasteiger partial charge in [0.25, 0.3) is 0 Å². The summed E-state index contributed by atoms with van der Waals surface area (Å²) < 4.78 is 1.59. The van der Waals surface area contributed by atoms with Crippen molar-refractivity contribution in [2.24, 2.45) is 0 Å². The number of aryl methyl sites for hydroxylation is 1. The Kier molecular flexibility index (Phi) is 6.14. The normalized spacial score (nSPS) is 12.2. The first-order valence-electron chi connectivity index (χ1n) is 8.46. The summed E-state index contributed by atoms with van der Waals surface area (Å²) >= 11 is 5.90. The van der Waals surface area contributed by atoms with Crippen LogP contribution in [-0.4, -0.2) is 43.5 Å². The number of hydrogen-bond donors (Lipinski definition) is 2. The van der Waals surface area contributed by atoms with Crippen LogP contribution in [0.2, 0.25) is 5.15 Å². The highest BCUT2D eigenvalue weighted by Gasteiger charge is 2.13. The van der Waals surface area contributed by atoms with Gasteiger partial charge in [0.1, 0.15) is 5.15 Å². The number of nitrogens with one attached hydrogen (secondary N) is 1. The lowest BCUT2D eigenvalue weighted by molar-refractivity contribution is -0.122. The third-order valence-electron chi connectivity index (χ3n) is 4.01. The van der Waals surface area contributed by atoms with Gasteiger partial charge in [-0.15, -0.1) is 10.2 Å². The van der Waals surface area contributed by atoms with Crippen molar-refractivity contribution in [2.75, 3.05) is 6.61 Å². The predicted octanol–water partition coefficient (Wildman–Crippen LogP) is 1.82. The average Bonchev–Trinajstić information content (AvgIpc) is 3.04. The minimum absolute atomic E-state index is 0.0974. The zero-order valence-corrected chi connectivity index (χ0v) is 14.9. The van der Waals surface area contributed by atoms with Crippen LogP contribution in [0.4, 0.5) is 0 Å². The van der Waals surface area contributed by atoms with E-state index in [9.17, 15) is 9.90 Å². The lowest BCUT2D eigenvalue weighted by Crippen LogP contribution is -2.39. The Bertz CT molecular complexity index is 868. The van der Waals surface area contributed by atoms with E-state index < -0.39 is 0 Å². The summed E-state index contributed by atoms with van der Waals surface area (Å²) in [4.78, 5) is 12.1. The molecule has 0 saturated heterocycles. The molecule has 0 aliphatic heterocycles. The Balaban J connectivity index is 1.49. The molecule has 0 fully saturated rings. The quantitative estimate of drug-likeness (QED) is 0.628. The lowest BCUT2D eigenvalue weighted by Gasteiger charge is -2.16. The van der Waals surface area contributed by atoms with E-state index in [0.717, 1.165) is 5.56 Å². The second kappa shape index (κ2) is 8.73. The fraction of sp³-hybridized carbons (Fsp3) is 0.333. The number of nitrogens with zero attached hydrogens (tertiary/aromatic N) is 4. The number of aliphatic hydroxyl groups excluding tert-OH is 1. The van der Waals surface area contributed by atoms with Gasteiger partial charge in [-0.05, 0) is 30.5 Å². The molecule has 0 radical (unpaired) electrons. The van der Waals surface area contributed by atoms with Crippen LogP contribution in [0.1, 0.15) is 24.2 Å². The number of fused-ring (bicyclic) bond motifs is 1. The van der Waals surface area contributed by atoms with E-state index in [-0.39, 0.29) is 18.6 Å². The Morgan fingerprint density at radius 2 is 2.00 bits per heavy atom. The highest BCUT2D eigenvalue weighted by Crippen LogP contribution is 2.09. The van der Waals surface area contributed by atoms with Gasteiger partial charge in [0.15, 0.2) is 11.5 Å². The number of carbonyl (C=O) groups excluding carboxylic acids is 1. The van der Waals surface area contributed by atoms with Crippen molar-refractivity contribution in [3.05, 3.63) is 59.0 Å². The molecule has 1 aromatic carbocycles. The molecule has 1 unspecified atom stereocenters. The molecule has 0 aliphatic carbocycles. The summed E-state index contributed by atoms with van der Waals surface area (Å²) in [5.41, 5.74) is 1.70. The molecule has 0 bridgehead atoms. The highest BCUT2D eigenvalue weighted by molar-refractivity contribution is 6.29. The fourth-order valence-electron chi connectivity index (χ4n) is 2.73. The monoisotopic (exact) mass is 373 g/mol. The molecule has 1 atom stereocenters. The number of hydrogen-bond acceptors (Lipinski definition) is 5. The van der Waals surface area contributed by atoms with Crippen LogP contribution in [0.5, 0.6) is 0 Å². The molecule has 136 valence electrons. The highest BCUT2D eigenvalue weighted by atomic mass is 35.5. The van der Waals surface area contributed by atoms with E-state index in [0.29, 0.717) is 42.3 Å². The van der Waals surface area contributed by atoms with Gasteiger partial charge in [0, 0.05) is 12.8 Å². The van der Waals surface area contributed by atoms with Gasteiger partial charge in [0.2, 0.25) is 5.91 Å². The Morgan fingerprint density at radius 1 is 1.19 bits per heavy atom. The minimum atomic E-state index is -0.292. The van der Waals surface area contributed by atoms with Crippen molar-refractivity contribution in [1.82, 2.24) is 25.1 Å². The van der Waals surface area contributed by atoms with E-state index in [1.54, 1.807) is 16.6 Å². The van der Waals surface area contributed by atoms with E-state index in [4.69, 9.17) is 11.6 Å². The molecule has 1 amide bonds. The molecule has 0 saturated carbocycles. The lowest BCUT2D eigenvalue weighted by atomic mass is 10.1. The van der Waals surface area contributed by atoms with Crippen molar-refractivity contribution in [3.8, 4) is 0 Å². The molecule has 3 rings (SSSR count). The van der Waals surface area contributed by atoms with E-state index in [1.807, 2.05) is 30.3 Å². The largest absolute Gasteiger partial charge is 0.394 e.